The summed E-state index contributed by atoms with van der Waals surface area (Å²) in [5, 5.41) is 0.651. The number of ether oxygens (including phenoxy) is 2. The molecule has 0 aliphatic rings. The van der Waals surface area contributed by atoms with E-state index in [1.54, 1.807) is 14.0 Å². The summed E-state index contributed by atoms with van der Waals surface area (Å²) < 4.78 is 11.1. The summed E-state index contributed by atoms with van der Waals surface area (Å²) in [7, 11) is 1.71. The Morgan fingerprint density at radius 2 is 1.82 bits per heavy atom. The van der Waals surface area contributed by atoms with Crippen LogP contribution in [0.3, 0.4) is 0 Å². The molecule has 0 bridgehead atoms. The van der Waals surface area contributed by atoms with Gasteiger partial charge in [0.15, 0.2) is 5.82 Å². The molecule has 2 rings (SSSR count). The zero-order valence-corrected chi connectivity index (χ0v) is 18.3. The van der Waals surface area contributed by atoms with E-state index in [0.29, 0.717) is 47.0 Å². The van der Waals surface area contributed by atoms with Gasteiger partial charge in [0.25, 0.3) is 0 Å². The van der Waals surface area contributed by atoms with E-state index >= 15 is 0 Å². The summed E-state index contributed by atoms with van der Waals surface area (Å²) in [4.78, 5) is 22.0. The maximum atomic E-state index is 11.9. The minimum absolute atomic E-state index is 0.325. The summed E-state index contributed by atoms with van der Waals surface area (Å²) in [5.41, 5.74) is 0.896. The van der Waals surface area contributed by atoms with Crippen LogP contribution in [0.25, 0.3) is 11.4 Å². The summed E-state index contributed by atoms with van der Waals surface area (Å²) in [6.07, 6.45) is 0.318. The molecule has 0 atom stereocenters. The largest absolute Gasteiger partial charge is 0.494 e. The van der Waals surface area contributed by atoms with Gasteiger partial charge in [-0.1, -0.05) is 35.3 Å². The van der Waals surface area contributed by atoms with Crippen molar-refractivity contribution in [2.75, 3.05) is 20.2 Å². The number of hydrogen-bond acceptors (Lipinski definition) is 5. The quantitative estimate of drug-likeness (QED) is 0.458. The minimum Gasteiger partial charge on any atom is -0.494 e. The van der Waals surface area contributed by atoms with Crippen molar-refractivity contribution in [1.29, 1.82) is 0 Å². The topological polar surface area (TPSA) is 64.5 Å². The first-order valence-corrected chi connectivity index (χ1v) is 9.69. The molecule has 0 saturated heterocycles. The third-order valence-electron chi connectivity index (χ3n) is 3.73. The molecule has 1 heterocycles. The highest BCUT2D eigenvalue weighted by molar-refractivity contribution is 6.34. The van der Waals surface area contributed by atoms with E-state index in [4.69, 9.17) is 32.7 Å². The van der Waals surface area contributed by atoms with Gasteiger partial charge in [0.1, 0.15) is 21.7 Å². The minimum atomic E-state index is -0.508. The third kappa shape index (κ3) is 6.53. The fraction of sp³-hybridized carbons (Fsp3) is 0.450. The first kappa shape index (κ1) is 22.2. The summed E-state index contributed by atoms with van der Waals surface area (Å²) >= 11 is 12.2. The average Bonchev–Trinajstić information content (AvgIpc) is 2.61. The standard InChI is InChI=1S/C20H25Cl2N3O3/c1-13-16(21)23-18(24-17(13)22)14-8-6-9-15(12-14)27-11-7-10-25(5)19(26)28-20(2,3)4/h6,8-9,12H,7,10-11H2,1-5H3. The van der Waals surface area contributed by atoms with Crippen LogP contribution in [0, 0.1) is 6.92 Å². The zero-order chi connectivity index (χ0) is 20.9. The number of carbonyl (C=O) groups excluding carboxylic acids is 1. The second-order valence-electron chi connectivity index (χ2n) is 7.39. The second-order valence-corrected chi connectivity index (χ2v) is 8.10. The zero-order valence-electron chi connectivity index (χ0n) is 16.8. The summed E-state index contributed by atoms with van der Waals surface area (Å²) in [6, 6.07) is 7.39. The van der Waals surface area contributed by atoms with Crippen molar-refractivity contribution in [2.45, 2.75) is 39.7 Å². The van der Waals surface area contributed by atoms with Crippen LogP contribution >= 0.6 is 23.2 Å². The SMILES string of the molecule is Cc1c(Cl)nc(-c2cccc(OCCCN(C)C(=O)OC(C)(C)C)c2)nc1Cl. The van der Waals surface area contributed by atoms with Crippen molar-refractivity contribution in [3.63, 3.8) is 0 Å². The fourth-order valence-corrected chi connectivity index (χ4v) is 2.63. The van der Waals surface area contributed by atoms with Gasteiger partial charge in [-0.25, -0.2) is 14.8 Å². The van der Waals surface area contributed by atoms with Crippen LogP contribution in [0.1, 0.15) is 32.8 Å². The number of hydrogen-bond donors (Lipinski definition) is 0. The molecule has 0 spiro atoms. The smallest absolute Gasteiger partial charge is 0.410 e. The molecule has 0 unspecified atom stereocenters. The number of amides is 1. The molecule has 0 fully saturated rings. The molecule has 0 aliphatic heterocycles. The molecule has 1 aromatic heterocycles. The Morgan fingerprint density at radius 3 is 2.43 bits per heavy atom. The van der Waals surface area contributed by atoms with Crippen molar-refractivity contribution in [3.8, 4) is 17.1 Å². The van der Waals surface area contributed by atoms with Crippen molar-refractivity contribution >= 4 is 29.3 Å². The lowest BCUT2D eigenvalue weighted by atomic mass is 10.2. The Hall–Kier alpha value is -2.05. The lowest BCUT2D eigenvalue weighted by Crippen LogP contribution is -2.35. The molecule has 6 nitrogen and oxygen atoms in total. The van der Waals surface area contributed by atoms with Crippen molar-refractivity contribution in [2.24, 2.45) is 0 Å². The molecule has 2 aromatic rings. The van der Waals surface area contributed by atoms with Crippen LogP contribution in [0.4, 0.5) is 4.79 Å². The van der Waals surface area contributed by atoms with Crippen molar-refractivity contribution in [1.82, 2.24) is 14.9 Å². The van der Waals surface area contributed by atoms with Crippen molar-refractivity contribution in [3.05, 3.63) is 40.1 Å². The molecular formula is C20H25Cl2N3O3. The molecule has 8 heteroatoms. The molecule has 0 aliphatic carbocycles. The number of nitrogens with zero attached hydrogens (tertiary/aromatic N) is 3. The van der Waals surface area contributed by atoms with Crippen LogP contribution < -0.4 is 4.74 Å². The lowest BCUT2D eigenvalue weighted by Gasteiger charge is -2.24. The van der Waals surface area contributed by atoms with Gasteiger partial charge in [0, 0.05) is 24.7 Å². The van der Waals surface area contributed by atoms with Crippen LogP contribution in [0.15, 0.2) is 24.3 Å². The maximum Gasteiger partial charge on any atom is 0.410 e. The summed E-state index contributed by atoms with van der Waals surface area (Å²) in [5.74, 6) is 1.12. The van der Waals surface area contributed by atoms with Gasteiger partial charge in [-0.15, -0.1) is 0 Å². The molecule has 1 aromatic carbocycles. The van der Waals surface area contributed by atoms with Gasteiger partial charge >= 0.3 is 6.09 Å². The van der Waals surface area contributed by atoms with E-state index in [9.17, 15) is 4.79 Å². The van der Waals surface area contributed by atoms with E-state index in [2.05, 4.69) is 9.97 Å². The predicted molar refractivity (Wildman–Crippen MR) is 111 cm³/mol. The fourth-order valence-electron chi connectivity index (χ4n) is 2.24. The average molecular weight is 426 g/mol. The van der Waals surface area contributed by atoms with Gasteiger partial charge < -0.3 is 14.4 Å². The number of benzene rings is 1. The number of rotatable bonds is 6. The molecule has 1 amide bonds. The van der Waals surface area contributed by atoms with Crippen molar-refractivity contribution < 1.29 is 14.3 Å². The normalized spacial score (nSPS) is 11.2. The second kappa shape index (κ2) is 9.43. The van der Waals surface area contributed by atoms with E-state index in [0.717, 1.165) is 5.56 Å². The van der Waals surface area contributed by atoms with E-state index in [1.807, 2.05) is 45.0 Å². The Labute approximate surface area is 175 Å². The van der Waals surface area contributed by atoms with Crippen LogP contribution in [-0.4, -0.2) is 46.8 Å². The van der Waals surface area contributed by atoms with Gasteiger partial charge in [-0.2, -0.15) is 0 Å². The Balaban J connectivity index is 1.91. The van der Waals surface area contributed by atoms with E-state index in [1.165, 1.54) is 4.90 Å². The third-order valence-corrected chi connectivity index (χ3v) is 4.47. The first-order chi connectivity index (χ1) is 13.1. The molecule has 0 saturated carbocycles. The number of halogens is 2. The predicted octanol–water partition coefficient (Wildman–Crippen LogP) is 5.39. The monoisotopic (exact) mass is 425 g/mol. The van der Waals surface area contributed by atoms with E-state index in [-0.39, 0.29) is 6.09 Å². The molecular weight excluding hydrogens is 401 g/mol. The highest BCUT2D eigenvalue weighted by atomic mass is 35.5. The lowest BCUT2D eigenvalue weighted by molar-refractivity contribution is 0.0292. The molecule has 0 N–H and O–H groups in total. The van der Waals surface area contributed by atoms with Gasteiger partial charge in [0.05, 0.1) is 6.61 Å². The molecule has 152 valence electrons. The molecule has 28 heavy (non-hydrogen) atoms. The Kier molecular flexibility index (Phi) is 7.49. The van der Waals surface area contributed by atoms with E-state index < -0.39 is 5.60 Å². The maximum absolute atomic E-state index is 11.9. The van der Waals surface area contributed by atoms with Crippen LogP contribution in [-0.2, 0) is 4.74 Å². The Bertz CT molecular complexity index is 815. The highest BCUT2D eigenvalue weighted by Gasteiger charge is 2.19. The highest BCUT2D eigenvalue weighted by Crippen LogP contribution is 2.26. The first-order valence-electron chi connectivity index (χ1n) is 8.94. The van der Waals surface area contributed by atoms with Gasteiger partial charge in [-0.3, -0.25) is 0 Å². The molecule has 0 radical (unpaired) electrons. The van der Waals surface area contributed by atoms with Crippen LogP contribution in [0.2, 0.25) is 10.3 Å². The number of carbonyl (C=O) groups is 1. The summed E-state index contributed by atoms with van der Waals surface area (Å²) in [6.45, 7) is 8.27. The van der Waals surface area contributed by atoms with Gasteiger partial charge in [-0.05, 0) is 46.2 Å². The van der Waals surface area contributed by atoms with Gasteiger partial charge in [0.2, 0.25) is 0 Å². The number of aromatic nitrogens is 2. The van der Waals surface area contributed by atoms with Crippen LogP contribution in [0.5, 0.6) is 5.75 Å². The Morgan fingerprint density at radius 1 is 1.18 bits per heavy atom.